The van der Waals surface area contributed by atoms with Crippen LogP contribution in [0.1, 0.15) is 18.4 Å². The number of hydrogen-bond donors (Lipinski definition) is 1. The van der Waals surface area contributed by atoms with Gasteiger partial charge < -0.3 is 5.32 Å². The third-order valence-corrected chi connectivity index (χ3v) is 4.64. The van der Waals surface area contributed by atoms with Crippen molar-refractivity contribution in [2.45, 2.75) is 25.9 Å². The van der Waals surface area contributed by atoms with E-state index < -0.39 is 0 Å². The molecule has 1 amide bonds. The van der Waals surface area contributed by atoms with Crippen molar-refractivity contribution in [3.05, 3.63) is 69.8 Å². The van der Waals surface area contributed by atoms with Gasteiger partial charge in [0.1, 0.15) is 11.7 Å². The number of nitrogens with zero attached hydrogens (tertiary/aromatic N) is 4. The Bertz CT molecular complexity index is 1010. The molecule has 0 fully saturated rings. The topological polar surface area (TPSA) is 81.8 Å². The van der Waals surface area contributed by atoms with Gasteiger partial charge in [-0.05, 0) is 24.1 Å². The van der Waals surface area contributed by atoms with Crippen LogP contribution in [0.3, 0.4) is 0 Å². The number of rotatable bonds is 8. The Morgan fingerprint density at radius 2 is 2.07 bits per heavy atom. The molecule has 3 aromatic rings. The first-order valence-corrected chi connectivity index (χ1v) is 9.41. The van der Waals surface area contributed by atoms with Gasteiger partial charge in [0.15, 0.2) is 5.65 Å². The van der Waals surface area contributed by atoms with Crippen molar-refractivity contribution in [3.8, 4) is 0 Å². The van der Waals surface area contributed by atoms with Crippen molar-refractivity contribution in [1.82, 2.24) is 24.6 Å². The summed E-state index contributed by atoms with van der Waals surface area (Å²) >= 11 is 3.40. The number of benzene rings is 1. The Morgan fingerprint density at radius 1 is 1.30 bits per heavy atom. The summed E-state index contributed by atoms with van der Waals surface area (Å²) in [7, 11) is 0. The Balaban J connectivity index is 1.70. The minimum atomic E-state index is -0.135. The molecule has 0 saturated carbocycles. The Labute approximate surface area is 164 Å². The standard InChI is InChI=1S/C19H20BrN5O2/c1-2-3-4-17(26)21-9-10-25-18-16(11-23-25)19(27)24(13-22-18)12-14-5-7-15(20)8-6-14/h2,5-8,11,13H,1,3-4,9-10,12H2,(H,21,26). The molecule has 2 aromatic heterocycles. The number of fused-ring (bicyclic) bond motifs is 1. The van der Waals surface area contributed by atoms with Crippen LogP contribution in [-0.2, 0) is 17.9 Å². The molecule has 7 nitrogen and oxygen atoms in total. The van der Waals surface area contributed by atoms with Gasteiger partial charge >= 0.3 is 0 Å². The average Bonchev–Trinajstić information content (AvgIpc) is 3.08. The van der Waals surface area contributed by atoms with E-state index in [1.54, 1.807) is 15.3 Å². The van der Waals surface area contributed by atoms with Crippen LogP contribution in [0.15, 0.2) is 58.7 Å². The lowest BCUT2D eigenvalue weighted by atomic mass is 10.2. The van der Waals surface area contributed by atoms with Crippen LogP contribution in [0.2, 0.25) is 0 Å². The second-order valence-electron chi connectivity index (χ2n) is 6.09. The van der Waals surface area contributed by atoms with Gasteiger partial charge in [-0.25, -0.2) is 9.67 Å². The first-order chi connectivity index (χ1) is 13.1. The highest BCUT2D eigenvalue weighted by atomic mass is 79.9. The zero-order chi connectivity index (χ0) is 19.2. The maximum atomic E-state index is 12.7. The van der Waals surface area contributed by atoms with Gasteiger partial charge in [-0.3, -0.25) is 14.2 Å². The molecule has 27 heavy (non-hydrogen) atoms. The predicted octanol–water partition coefficient (Wildman–Crippen LogP) is 2.49. The second-order valence-corrected chi connectivity index (χ2v) is 7.00. The quantitative estimate of drug-likeness (QED) is 0.557. The van der Waals surface area contributed by atoms with E-state index in [4.69, 9.17) is 0 Å². The molecule has 8 heteroatoms. The number of carbonyl (C=O) groups is 1. The van der Waals surface area contributed by atoms with Gasteiger partial charge in [0, 0.05) is 17.4 Å². The molecule has 0 spiro atoms. The molecule has 0 radical (unpaired) electrons. The fourth-order valence-electron chi connectivity index (χ4n) is 2.68. The highest BCUT2D eigenvalue weighted by Gasteiger charge is 2.10. The molecule has 0 unspecified atom stereocenters. The molecular weight excluding hydrogens is 410 g/mol. The van der Waals surface area contributed by atoms with Gasteiger partial charge in [-0.15, -0.1) is 6.58 Å². The molecular formula is C19H20BrN5O2. The number of carbonyl (C=O) groups excluding carboxylic acids is 1. The molecule has 1 N–H and O–H groups in total. The summed E-state index contributed by atoms with van der Waals surface area (Å²) in [6.07, 6.45) is 5.85. The molecule has 0 saturated heterocycles. The maximum absolute atomic E-state index is 12.7. The van der Waals surface area contributed by atoms with Crippen LogP contribution >= 0.6 is 15.9 Å². The monoisotopic (exact) mass is 429 g/mol. The minimum Gasteiger partial charge on any atom is -0.354 e. The third kappa shape index (κ3) is 4.71. The van der Waals surface area contributed by atoms with Crippen LogP contribution in [0.25, 0.3) is 11.0 Å². The molecule has 0 aliphatic carbocycles. The zero-order valence-corrected chi connectivity index (χ0v) is 16.4. The molecule has 3 rings (SSSR count). The smallest absolute Gasteiger partial charge is 0.264 e. The van der Waals surface area contributed by atoms with Gasteiger partial charge in [-0.1, -0.05) is 34.1 Å². The van der Waals surface area contributed by atoms with E-state index in [-0.39, 0.29) is 11.5 Å². The summed E-state index contributed by atoms with van der Waals surface area (Å²) in [5.74, 6) is -0.0313. The Morgan fingerprint density at radius 3 is 2.81 bits per heavy atom. The Hall–Kier alpha value is -2.74. The molecule has 0 aliphatic rings. The van der Waals surface area contributed by atoms with Crippen LogP contribution in [0, 0.1) is 0 Å². The summed E-state index contributed by atoms with van der Waals surface area (Å²) in [6.45, 7) is 4.92. The van der Waals surface area contributed by atoms with Gasteiger partial charge in [0.2, 0.25) is 5.91 Å². The molecule has 140 valence electrons. The van der Waals surface area contributed by atoms with Crippen molar-refractivity contribution in [1.29, 1.82) is 0 Å². The van der Waals surface area contributed by atoms with E-state index in [1.807, 2.05) is 24.3 Å². The molecule has 0 bridgehead atoms. The minimum absolute atomic E-state index is 0.0313. The van der Waals surface area contributed by atoms with Crippen LogP contribution in [-0.4, -0.2) is 31.8 Å². The zero-order valence-electron chi connectivity index (χ0n) is 14.8. The van der Waals surface area contributed by atoms with Gasteiger partial charge in [0.25, 0.3) is 5.56 Å². The first kappa shape index (κ1) is 19.0. The summed E-state index contributed by atoms with van der Waals surface area (Å²) < 4.78 is 4.19. The Kier molecular flexibility index (Phi) is 6.18. The number of allylic oxidation sites excluding steroid dienone is 1. The lowest BCUT2D eigenvalue weighted by Crippen LogP contribution is -2.27. The van der Waals surface area contributed by atoms with Crippen LogP contribution in [0.4, 0.5) is 0 Å². The fourth-order valence-corrected chi connectivity index (χ4v) is 2.95. The van der Waals surface area contributed by atoms with Crippen LogP contribution in [0.5, 0.6) is 0 Å². The molecule has 0 atom stereocenters. The van der Waals surface area contributed by atoms with E-state index >= 15 is 0 Å². The number of aromatic nitrogens is 4. The lowest BCUT2D eigenvalue weighted by molar-refractivity contribution is -0.121. The van der Waals surface area contributed by atoms with Crippen molar-refractivity contribution in [2.75, 3.05) is 6.54 Å². The highest BCUT2D eigenvalue weighted by molar-refractivity contribution is 9.10. The van der Waals surface area contributed by atoms with E-state index in [0.717, 1.165) is 10.0 Å². The molecule has 2 heterocycles. The summed E-state index contributed by atoms with van der Waals surface area (Å²) in [6, 6.07) is 7.79. The normalized spacial score (nSPS) is 10.9. The summed E-state index contributed by atoms with van der Waals surface area (Å²) in [5, 5.41) is 7.53. The fraction of sp³-hybridized carbons (Fsp3) is 0.263. The van der Waals surface area contributed by atoms with Crippen molar-refractivity contribution >= 4 is 32.9 Å². The summed E-state index contributed by atoms with van der Waals surface area (Å²) in [4.78, 5) is 28.7. The molecule has 1 aromatic carbocycles. The third-order valence-electron chi connectivity index (χ3n) is 4.11. The largest absolute Gasteiger partial charge is 0.354 e. The van der Waals surface area contributed by atoms with Crippen molar-refractivity contribution < 1.29 is 4.79 Å². The number of amides is 1. The van der Waals surface area contributed by atoms with Gasteiger partial charge in [-0.2, -0.15) is 5.10 Å². The van der Waals surface area contributed by atoms with Crippen molar-refractivity contribution in [3.63, 3.8) is 0 Å². The first-order valence-electron chi connectivity index (χ1n) is 8.61. The average molecular weight is 430 g/mol. The maximum Gasteiger partial charge on any atom is 0.264 e. The highest BCUT2D eigenvalue weighted by Crippen LogP contribution is 2.12. The van der Waals surface area contributed by atoms with E-state index in [9.17, 15) is 9.59 Å². The summed E-state index contributed by atoms with van der Waals surface area (Å²) in [5.41, 5.74) is 1.40. The lowest BCUT2D eigenvalue weighted by Gasteiger charge is -2.07. The number of nitrogens with one attached hydrogen (secondary N) is 1. The van der Waals surface area contributed by atoms with E-state index in [0.29, 0.717) is 43.5 Å². The number of halogens is 1. The van der Waals surface area contributed by atoms with Crippen LogP contribution < -0.4 is 10.9 Å². The second kappa shape index (κ2) is 8.77. The van der Waals surface area contributed by atoms with E-state index in [1.165, 1.54) is 12.5 Å². The predicted molar refractivity (Wildman–Crippen MR) is 107 cm³/mol. The SMILES string of the molecule is C=CCCC(=O)NCCn1ncc2c(=O)n(Cc3ccc(Br)cc3)cnc21. The number of hydrogen-bond acceptors (Lipinski definition) is 4. The van der Waals surface area contributed by atoms with E-state index in [2.05, 4.69) is 37.9 Å². The van der Waals surface area contributed by atoms with Crippen molar-refractivity contribution in [2.24, 2.45) is 0 Å². The molecule has 0 aliphatic heterocycles. The van der Waals surface area contributed by atoms with Gasteiger partial charge in [0.05, 0.1) is 19.3 Å².